The van der Waals surface area contributed by atoms with E-state index in [2.05, 4.69) is 33.6 Å². The standard InChI is InChI=1S/C13H18N4O/c1-10-7-11(2)17-9-12(15-13(17)14-10)8-16-3-5-18-6-4-16/h7,9H,3-6,8H2,1-2H3/p+2. The van der Waals surface area contributed by atoms with Crippen LogP contribution < -0.4 is 9.30 Å². The molecule has 2 N–H and O–H groups in total. The summed E-state index contributed by atoms with van der Waals surface area (Å²) < 4.78 is 7.51. The maximum absolute atomic E-state index is 5.38. The van der Waals surface area contributed by atoms with Crippen molar-refractivity contribution in [2.45, 2.75) is 20.4 Å². The Hall–Kier alpha value is -1.46. The van der Waals surface area contributed by atoms with Crippen molar-refractivity contribution in [1.29, 1.82) is 0 Å². The number of ether oxygens (including phenoxy) is 1. The van der Waals surface area contributed by atoms with Gasteiger partial charge >= 0.3 is 5.78 Å². The first-order chi connectivity index (χ1) is 8.72. The predicted molar refractivity (Wildman–Crippen MR) is 66.4 cm³/mol. The summed E-state index contributed by atoms with van der Waals surface area (Å²) in [5.41, 5.74) is 3.52. The summed E-state index contributed by atoms with van der Waals surface area (Å²) in [6.45, 7) is 9.09. The molecule has 2 aromatic rings. The van der Waals surface area contributed by atoms with E-state index in [0.717, 1.165) is 44.3 Å². The molecule has 0 amide bonds. The number of hydrogen-bond acceptors (Lipinski definition) is 2. The van der Waals surface area contributed by atoms with E-state index in [0.29, 0.717) is 0 Å². The van der Waals surface area contributed by atoms with E-state index in [4.69, 9.17) is 4.74 Å². The van der Waals surface area contributed by atoms with E-state index in [1.807, 2.05) is 6.92 Å². The maximum atomic E-state index is 5.38. The van der Waals surface area contributed by atoms with E-state index in [-0.39, 0.29) is 0 Å². The fourth-order valence-electron chi connectivity index (χ4n) is 2.57. The lowest BCUT2D eigenvalue weighted by Gasteiger charge is -2.22. The zero-order valence-corrected chi connectivity index (χ0v) is 11.0. The monoisotopic (exact) mass is 248 g/mol. The number of aromatic nitrogens is 3. The molecule has 0 aromatic carbocycles. The third kappa shape index (κ3) is 2.23. The summed E-state index contributed by atoms with van der Waals surface area (Å²) >= 11 is 0. The highest BCUT2D eigenvalue weighted by Gasteiger charge is 2.19. The maximum Gasteiger partial charge on any atom is 0.401 e. The second-order valence-corrected chi connectivity index (χ2v) is 5.05. The summed E-state index contributed by atoms with van der Waals surface area (Å²) in [5.74, 6) is 0.940. The molecule has 1 aliphatic rings. The second-order valence-electron chi connectivity index (χ2n) is 5.05. The molecule has 18 heavy (non-hydrogen) atoms. The Kier molecular flexibility index (Phi) is 3.01. The van der Waals surface area contributed by atoms with Crippen molar-refractivity contribution in [1.82, 2.24) is 9.97 Å². The molecule has 1 aliphatic heterocycles. The van der Waals surface area contributed by atoms with Crippen LogP contribution in [0.2, 0.25) is 0 Å². The van der Waals surface area contributed by atoms with E-state index in [1.54, 1.807) is 4.90 Å². The first-order valence-electron chi connectivity index (χ1n) is 6.51. The summed E-state index contributed by atoms with van der Waals surface area (Å²) in [7, 11) is 0. The predicted octanol–water partition coefficient (Wildman–Crippen LogP) is -0.820. The second kappa shape index (κ2) is 4.66. The quantitative estimate of drug-likeness (QED) is 0.682. The zero-order valence-electron chi connectivity index (χ0n) is 11.0. The minimum atomic E-state index is 0.874. The molecular formula is C13H20N4O+2. The molecule has 5 nitrogen and oxygen atoms in total. The van der Waals surface area contributed by atoms with Gasteiger partial charge in [0.05, 0.1) is 18.9 Å². The van der Waals surface area contributed by atoms with Crippen LogP contribution in [-0.2, 0) is 11.3 Å². The lowest BCUT2D eigenvalue weighted by molar-refractivity contribution is -0.921. The Bertz CT molecular complexity index is 557. The van der Waals surface area contributed by atoms with Gasteiger partial charge in [0.1, 0.15) is 31.5 Å². The van der Waals surface area contributed by atoms with E-state index < -0.39 is 0 Å². The molecule has 2 aromatic heterocycles. The molecule has 0 atom stereocenters. The average molecular weight is 248 g/mol. The van der Waals surface area contributed by atoms with Crippen LogP contribution in [0.15, 0.2) is 12.3 Å². The highest BCUT2D eigenvalue weighted by molar-refractivity contribution is 5.22. The van der Waals surface area contributed by atoms with Gasteiger partial charge in [0.15, 0.2) is 5.69 Å². The average Bonchev–Trinajstić information content (AvgIpc) is 2.73. The Morgan fingerprint density at radius 3 is 2.94 bits per heavy atom. The van der Waals surface area contributed by atoms with Gasteiger partial charge < -0.3 is 9.64 Å². The van der Waals surface area contributed by atoms with Gasteiger partial charge in [-0.3, -0.25) is 0 Å². The fourth-order valence-corrected chi connectivity index (χ4v) is 2.57. The molecule has 0 bridgehead atoms. The van der Waals surface area contributed by atoms with Crippen LogP contribution in [0.3, 0.4) is 0 Å². The van der Waals surface area contributed by atoms with Crippen molar-refractivity contribution >= 4 is 5.78 Å². The molecule has 0 saturated carbocycles. The third-order valence-corrected chi connectivity index (χ3v) is 3.51. The van der Waals surface area contributed by atoms with Gasteiger partial charge in [-0.1, -0.05) is 4.98 Å². The van der Waals surface area contributed by atoms with Crippen LogP contribution >= 0.6 is 0 Å². The van der Waals surface area contributed by atoms with Crippen molar-refractivity contribution in [2.75, 3.05) is 26.3 Å². The Labute approximate surface area is 106 Å². The van der Waals surface area contributed by atoms with Crippen LogP contribution in [0.4, 0.5) is 0 Å². The minimum Gasteiger partial charge on any atom is -0.370 e. The first kappa shape index (κ1) is 11.6. The van der Waals surface area contributed by atoms with E-state index >= 15 is 0 Å². The van der Waals surface area contributed by atoms with Crippen molar-refractivity contribution in [2.24, 2.45) is 0 Å². The molecule has 3 rings (SSSR count). The first-order valence-corrected chi connectivity index (χ1v) is 6.51. The Morgan fingerprint density at radius 2 is 2.17 bits per heavy atom. The number of imidazole rings is 1. The summed E-state index contributed by atoms with van der Waals surface area (Å²) in [6, 6.07) is 2.10. The van der Waals surface area contributed by atoms with E-state index in [9.17, 15) is 0 Å². The molecule has 5 heteroatoms. The number of quaternary nitrogens is 1. The third-order valence-electron chi connectivity index (χ3n) is 3.51. The van der Waals surface area contributed by atoms with Gasteiger partial charge in [-0.25, -0.2) is 9.38 Å². The van der Waals surface area contributed by atoms with Gasteiger partial charge in [0.2, 0.25) is 0 Å². The molecule has 0 radical (unpaired) electrons. The van der Waals surface area contributed by atoms with Gasteiger partial charge in [0.25, 0.3) is 0 Å². The molecule has 96 valence electrons. The lowest BCUT2D eigenvalue weighted by atomic mass is 10.3. The molecule has 0 spiro atoms. The largest absolute Gasteiger partial charge is 0.401 e. The number of aromatic amines is 1. The van der Waals surface area contributed by atoms with Crippen molar-refractivity contribution in [3.05, 3.63) is 29.3 Å². The number of rotatable bonds is 2. The molecule has 0 unspecified atom stereocenters. The minimum absolute atomic E-state index is 0.874. The molecule has 0 aliphatic carbocycles. The van der Waals surface area contributed by atoms with Crippen molar-refractivity contribution < 1.29 is 14.0 Å². The Morgan fingerprint density at radius 1 is 1.39 bits per heavy atom. The number of hydrogen-bond donors (Lipinski definition) is 2. The molecule has 1 fully saturated rings. The SMILES string of the molecule is Cc1cc(C)[n+]2cc(C[NH+]3CCOCC3)[nH]c2n1. The number of H-pyrrole nitrogens is 1. The fraction of sp³-hybridized carbons (Fsp3) is 0.538. The van der Waals surface area contributed by atoms with Crippen LogP contribution in [0.1, 0.15) is 17.1 Å². The normalized spacial score (nSPS) is 17.4. The molecule has 3 heterocycles. The topological polar surface area (TPSA) is 46.5 Å². The van der Waals surface area contributed by atoms with Crippen LogP contribution in [0, 0.1) is 13.8 Å². The van der Waals surface area contributed by atoms with Crippen LogP contribution in [-0.4, -0.2) is 36.3 Å². The zero-order chi connectivity index (χ0) is 12.5. The molecular weight excluding hydrogens is 228 g/mol. The Balaban J connectivity index is 1.86. The number of fused-ring (bicyclic) bond motifs is 1. The van der Waals surface area contributed by atoms with Crippen molar-refractivity contribution in [3.8, 4) is 0 Å². The van der Waals surface area contributed by atoms with Crippen LogP contribution in [0.25, 0.3) is 5.78 Å². The van der Waals surface area contributed by atoms with Gasteiger partial charge in [0, 0.05) is 6.07 Å². The van der Waals surface area contributed by atoms with Gasteiger partial charge in [-0.2, -0.15) is 0 Å². The molecule has 1 saturated heterocycles. The highest BCUT2D eigenvalue weighted by Crippen LogP contribution is 2.00. The van der Waals surface area contributed by atoms with Crippen LogP contribution in [0.5, 0.6) is 0 Å². The number of nitrogens with one attached hydrogen (secondary N) is 2. The lowest BCUT2D eigenvalue weighted by Crippen LogP contribution is -3.12. The van der Waals surface area contributed by atoms with Gasteiger partial charge in [-0.05, 0) is 13.8 Å². The van der Waals surface area contributed by atoms with E-state index in [1.165, 1.54) is 11.4 Å². The summed E-state index contributed by atoms with van der Waals surface area (Å²) in [6.07, 6.45) is 2.17. The number of morpholine rings is 1. The van der Waals surface area contributed by atoms with Gasteiger partial charge in [-0.15, -0.1) is 0 Å². The number of nitrogens with zero attached hydrogens (tertiary/aromatic N) is 2. The number of aryl methyl sites for hydroxylation is 2. The smallest absolute Gasteiger partial charge is 0.370 e. The highest BCUT2D eigenvalue weighted by atomic mass is 16.5. The summed E-state index contributed by atoms with van der Waals surface area (Å²) in [5, 5.41) is 0. The van der Waals surface area contributed by atoms with Crippen molar-refractivity contribution in [3.63, 3.8) is 0 Å². The summed E-state index contributed by atoms with van der Waals surface area (Å²) in [4.78, 5) is 9.51.